The van der Waals surface area contributed by atoms with Crippen molar-refractivity contribution in [2.45, 2.75) is 70.3 Å². The summed E-state index contributed by atoms with van der Waals surface area (Å²) in [4.78, 5) is 11.8. The second-order valence-corrected chi connectivity index (χ2v) is 4.60. The van der Waals surface area contributed by atoms with Gasteiger partial charge in [0.2, 0.25) is 0 Å². The van der Waals surface area contributed by atoms with Crippen LogP contribution in [-0.2, 0) is 4.79 Å². The molecule has 1 fully saturated rings. The third-order valence-corrected chi connectivity index (χ3v) is 3.31. The predicted octanol–water partition coefficient (Wildman–Crippen LogP) is 2.80. The first-order chi connectivity index (χ1) is 6.69. The highest BCUT2D eigenvalue weighted by Crippen LogP contribution is 2.29. The highest BCUT2D eigenvalue weighted by Gasteiger charge is 2.35. The standard InChI is InChI=1S/C12H23NO/c1-2-3-4-5-8-11(14)12(13)9-6-7-10-12/h2-10,13H2,1H3. The summed E-state index contributed by atoms with van der Waals surface area (Å²) in [5.41, 5.74) is 5.63. The van der Waals surface area contributed by atoms with Crippen molar-refractivity contribution in [2.75, 3.05) is 0 Å². The molecule has 0 saturated heterocycles. The molecule has 0 amide bonds. The van der Waals surface area contributed by atoms with Gasteiger partial charge in [0, 0.05) is 6.42 Å². The predicted molar refractivity (Wildman–Crippen MR) is 59.2 cm³/mol. The monoisotopic (exact) mass is 197 g/mol. The Kier molecular flexibility index (Phi) is 4.59. The van der Waals surface area contributed by atoms with Crippen molar-refractivity contribution in [3.8, 4) is 0 Å². The third kappa shape index (κ3) is 3.09. The molecular weight excluding hydrogens is 174 g/mol. The number of nitrogens with two attached hydrogens (primary N) is 1. The Hall–Kier alpha value is -0.370. The topological polar surface area (TPSA) is 43.1 Å². The number of ketones is 1. The Morgan fingerprint density at radius 1 is 1.21 bits per heavy atom. The van der Waals surface area contributed by atoms with Crippen molar-refractivity contribution in [2.24, 2.45) is 5.73 Å². The van der Waals surface area contributed by atoms with Crippen molar-refractivity contribution >= 4 is 5.78 Å². The van der Waals surface area contributed by atoms with E-state index in [1.165, 1.54) is 19.3 Å². The van der Waals surface area contributed by atoms with Crippen LogP contribution >= 0.6 is 0 Å². The molecule has 14 heavy (non-hydrogen) atoms. The fourth-order valence-corrected chi connectivity index (χ4v) is 2.25. The van der Waals surface area contributed by atoms with Gasteiger partial charge in [0.05, 0.1) is 5.54 Å². The van der Waals surface area contributed by atoms with Crippen LogP contribution in [0.15, 0.2) is 0 Å². The molecular formula is C12H23NO. The Bertz CT molecular complexity index is 183. The lowest BCUT2D eigenvalue weighted by molar-refractivity contribution is -0.124. The van der Waals surface area contributed by atoms with Gasteiger partial charge in [-0.2, -0.15) is 0 Å². The van der Waals surface area contributed by atoms with E-state index in [0.29, 0.717) is 12.2 Å². The van der Waals surface area contributed by atoms with E-state index >= 15 is 0 Å². The molecule has 0 spiro atoms. The second-order valence-electron chi connectivity index (χ2n) is 4.60. The van der Waals surface area contributed by atoms with Crippen molar-refractivity contribution in [3.05, 3.63) is 0 Å². The van der Waals surface area contributed by atoms with E-state index in [4.69, 9.17) is 5.73 Å². The molecule has 0 radical (unpaired) electrons. The molecule has 0 bridgehead atoms. The van der Waals surface area contributed by atoms with E-state index in [1.807, 2.05) is 0 Å². The molecule has 2 heteroatoms. The molecule has 1 aliphatic carbocycles. The molecule has 0 unspecified atom stereocenters. The number of carbonyl (C=O) groups is 1. The van der Waals surface area contributed by atoms with Gasteiger partial charge < -0.3 is 5.73 Å². The summed E-state index contributed by atoms with van der Waals surface area (Å²) in [6, 6.07) is 0. The fraction of sp³-hybridized carbons (Fsp3) is 0.917. The number of rotatable bonds is 6. The number of Topliss-reactive ketones (excluding diaryl/α,β-unsaturated/α-hetero) is 1. The summed E-state index contributed by atoms with van der Waals surface area (Å²) in [7, 11) is 0. The van der Waals surface area contributed by atoms with Crippen LogP contribution in [-0.4, -0.2) is 11.3 Å². The number of hydrogen-bond acceptors (Lipinski definition) is 2. The molecule has 0 aromatic heterocycles. The smallest absolute Gasteiger partial charge is 0.152 e. The quantitative estimate of drug-likeness (QED) is 0.665. The van der Waals surface area contributed by atoms with E-state index in [2.05, 4.69) is 6.92 Å². The van der Waals surface area contributed by atoms with Crippen molar-refractivity contribution in [1.29, 1.82) is 0 Å². The minimum absolute atomic E-state index is 0.311. The van der Waals surface area contributed by atoms with Crippen LogP contribution < -0.4 is 5.73 Å². The van der Waals surface area contributed by atoms with Crippen LogP contribution in [0.4, 0.5) is 0 Å². The van der Waals surface area contributed by atoms with Crippen molar-refractivity contribution in [1.82, 2.24) is 0 Å². The maximum Gasteiger partial charge on any atom is 0.152 e. The lowest BCUT2D eigenvalue weighted by Crippen LogP contribution is -2.45. The largest absolute Gasteiger partial charge is 0.319 e. The fourth-order valence-electron chi connectivity index (χ4n) is 2.25. The summed E-state index contributed by atoms with van der Waals surface area (Å²) in [5.74, 6) is 0.311. The van der Waals surface area contributed by atoms with Gasteiger partial charge in [0.1, 0.15) is 0 Å². The Labute approximate surface area is 87.2 Å². The van der Waals surface area contributed by atoms with E-state index in [9.17, 15) is 4.79 Å². The summed E-state index contributed by atoms with van der Waals surface area (Å²) in [6.07, 6.45) is 9.49. The van der Waals surface area contributed by atoms with Gasteiger partial charge >= 0.3 is 0 Å². The molecule has 82 valence electrons. The summed E-state index contributed by atoms with van der Waals surface area (Å²) in [5, 5.41) is 0. The van der Waals surface area contributed by atoms with Crippen molar-refractivity contribution in [3.63, 3.8) is 0 Å². The Morgan fingerprint density at radius 3 is 2.43 bits per heavy atom. The zero-order chi connectivity index (χ0) is 10.4. The molecule has 1 saturated carbocycles. The van der Waals surface area contributed by atoms with Crippen LogP contribution in [0.5, 0.6) is 0 Å². The van der Waals surface area contributed by atoms with Crippen LogP contribution in [0, 0.1) is 0 Å². The Morgan fingerprint density at radius 2 is 1.86 bits per heavy atom. The molecule has 2 N–H and O–H groups in total. The first-order valence-electron chi connectivity index (χ1n) is 6.01. The van der Waals surface area contributed by atoms with Crippen LogP contribution in [0.1, 0.15) is 64.7 Å². The SMILES string of the molecule is CCCCCCC(=O)C1(N)CCCC1. The summed E-state index contributed by atoms with van der Waals surface area (Å²) < 4.78 is 0. The number of unbranched alkanes of at least 4 members (excludes halogenated alkanes) is 3. The average Bonchev–Trinajstić information content (AvgIpc) is 2.61. The molecule has 2 nitrogen and oxygen atoms in total. The van der Waals surface area contributed by atoms with Gasteiger partial charge in [-0.15, -0.1) is 0 Å². The Balaban J connectivity index is 2.20. The normalized spacial score (nSPS) is 19.9. The van der Waals surface area contributed by atoms with Gasteiger partial charge in [0.25, 0.3) is 0 Å². The molecule has 1 rings (SSSR count). The minimum Gasteiger partial charge on any atom is -0.319 e. The summed E-state index contributed by atoms with van der Waals surface area (Å²) >= 11 is 0. The molecule has 0 heterocycles. The van der Waals surface area contributed by atoms with Crippen LogP contribution in [0.3, 0.4) is 0 Å². The first-order valence-corrected chi connectivity index (χ1v) is 6.01. The van der Waals surface area contributed by atoms with E-state index in [-0.39, 0.29) is 0 Å². The molecule has 0 aromatic rings. The minimum atomic E-state index is -0.438. The van der Waals surface area contributed by atoms with E-state index in [1.54, 1.807) is 0 Å². The number of hydrogen-bond donors (Lipinski definition) is 1. The van der Waals surface area contributed by atoms with Gasteiger partial charge in [-0.1, -0.05) is 39.0 Å². The highest BCUT2D eigenvalue weighted by molar-refractivity contribution is 5.88. The average molecular weight is 197 g/mol. The van der Waals surface area contributed by atoms with Crippen molar-refractivity contribution < 1.29 is 4.79 Å². The zero-order valence-electron chi connectivity index (χ0n) is 9.35. The second kappa shape index (κ2) is 5.50. The highest BCUT2D eigenvalue weighted by atomic mass is 16.1. The molecule has 0 aliphatic heterocycles. The molecule has 0 aromatic carbocycles. The molecule has 1 aliphatic rings. The maximum absolute atomic E-state index is 11.8. The summed E-state index contributed by atoms with van der Waals surface area (Å²) in [6.45, 7) is 2.18. The van der Waals surface area contributed by atoms with E-state index < -0.39 is 5.54 Å². The van der Waals surface area contributed by atoms with E-state index in [0.717, 1.165) is 32.1 Å². The van der Waals surface area contributed by atoms with Gasteiger partial charge in [0.15, 0.2) is 5.78 Å². The number of carbonyl (C=O) groups excluding carboxylic acids is 1. The lowest BCUT2D eigenvalue weighted by Gasteiger charge is -2.21. The maximum atomic E-state index is 11.8. The zero-order valence-corrected chi connectivity index (χ0v) is 9.35. The molecule has 0 atom stereocenters. The van der Waals surface area contributed by atoms with Gasteiger partial charge in [-0.05, 0) is 19.3 Å². The van der Waals surface area contributed by atoms with Crippen LogP contribution in [0.2, 0.25) is 0 Å². The van der Waals surface area contributed by atoms with Crippen LogP contribution in [0.25, 0.3) is 0 Å². The van der Waals surface area contributed by atoms with Gasteiger partial charge in [-0.25, -0.2) is 0 Å². The van der Waals surface area contributed by atoms with Gasteiger partial charge in [-0.3, -0.25) is 4.79 Å². The third-order valence-electron chi connectivity index (χ3n) is 3.31. The lowest BCUT2D eigenvalue weighted by atomic mass is 9.90. The first kappa shape index (κ1) is 11.7.